The minimum absolute atomic E-state index is 0.473. The molecule has 0 fully saturated rings. The summed E-state index contributed by atoms with van der Waals surface area (Å²) < 4.78 is 12.7. The van der Waals surface area contributed by atoms with E-state index in [4.69, 9.17) is 21.1 Å². The monoisotopic (exact) mass is 310 g/mol. The van der Waals surface area contributed by atoms with E-state index in [0.717, 1.165) is 0 Å². The van der Waals surface area contributed by atoms with Crippen molar-refractivity contribution in [2.45, 2.75) is 32.6 Å². The predicted octanol–water partition coefficient (Wildman–Crippen LogP) is 3.07. The molecule has 0 aliphatic carbocycles. The number of aromatic nitrogens is 2. The Balaban J connectivity index is 2.19. The van der Waals surface area contributed by atoms with Crippen LogP contribution in [0.1, 0.15) is 25.6 Å². The highest BCUT2D eigenvalue weighted by molar-refractivity contribution is 6.30. The van der Waals surface area contributed by atoms with Crippen LogP contribution in [0.5, 0.6) is 11.5 Å². The van der Waals surface area contributed by atoms with Gasteiger partial charge in [0.1, 0.15) is 23.7 Å². The molecule has 1 aromatic carbocycles. The van der Waals surface area contributed by atoms with E-state index in [-0.39, 0.29) is 0 Å². The lowest BCUT2D eigenvalue weighted by Gasteiger charge is -2.22. The standard InChI is InChI=1S/C15H19ClN2O3/c1-4-18-14(13(20-3)9-17-18)15(19)10(2)21-12-7-5-6-11(16)8-12/h5-10,15,19H,4H2,1-3H3. The molecule has 0 saturated heterocycles. The van der Waals surface area contributed by atoms with Gasteiger partial charge in [-0.2, -0.15) is 5.10 Å². The Morgan fingerprint density at radius 3 is 2.81 bits per heavy atom. The lowest BCUT2D eigenvalue weighted by molar-refractivity contribution is 0.0390. The van der Waals surface area contributed by atoms with Gasteiger partial charge < -0.3 is 14.6 Å². The Labute approximate surface area is 129 Å². The Bertz CT molecular complexity index is 579. The van der Waals surface area contributed by atoms with Crippen LogP contribution in [-0.2, 0) is 6.54 Å². The molecule has 6 heteroatoms. The minimum Gasteiger partial charge on any atom is -0.493 e. The number of rotatable bonds is 6. The van der Waals surface area contributed by atoms with Gasteiger partial charge in [-0.3, -0.25) is 4.68 Å². The van der Waals surface area contributed by atoms with Crippen molar-refractivity contribution in [2.24, 2.45) is 0 Å². The summed E-state index contributed by atoms with van der Waals surface area (Å²) in [7, 11) is 1.55. The number of aliphatic hydroxyl groups excluding tert-OH is 1. The molecule has 1 aromatic heterocycles. The van der Waals surface area contributed by atoms with Crippen LogP contribution in [-0.4, -0.2) is 28.1 Å². The highest BCUT2D eigenvalue weighted by Gasteiger charge is 2.26. The molecule has 114 valence electrons. The number of ether oxygens (including phenoxy) is 2. The van der Waals surface area contributed by atoms with Crippen LogP contribution < -0.4 is 9.47 Å². The first-order valence-corrected chi connectivity index (χ1v) is 7.14. The minimum atomic E-state index is -0.860. The van der Waals surface area contributed by atoms with E-state index in [1.807, 2.05) is 6.92 Å². The Hall–Kier alpha value is -1.72. The smallest absolute Gasteiger partial charge is 0.162 e. The van der Waals surface area contributed by atoms with Gasteiger partial charge in [0, 0.05) is 11.6 Å². The molecule has 21 heavy (non-hydrogen) atoms. The van der Waals surface area contributed by atoms with Crippen LogP contribution in [0.3, 0.4) is 0 Å². The second-order valence-corrected chi connectivity index (χ2v) is 5.08. The van der Waals surface area contributed by atoms with Gasteiger partial charge in [0.2, 0.25) is 0 Å². The number of hydrogen-bond donors (Lipinski definition) is 1. The third kappa shape index (κ3) is 3.49. The number of halogens is 1. The molecule has 1 N–H and O–H groups in total. The lowest BCUT2D eigenvalue weighted by Crippen LogP contribution is -2.24. The number of aliphatic hydroxyl groups is 1. The molecule has 2 aromatic rings. The van der Waals surface area contributed by atoms with E-state index >= 15 is 0 Å². The highest BCUT2D eigenvalue weighted by atomic mass is 35.5. The van der Waals surface area contributed by atoms with Crippen molar-refractivity contribution in [3.05, 3.63) is 41.2 Å². The molecule has 5 nitrogen and oxygen atoms in total. The Morgan fingerprint density at radius 2 is 2.19 bits per heavy atom. The zero-order valence-corrected chi connectivity index (χ0v) is 13.0. The molecule has 0 saturated carbocycles. The fourth-order valence-electron chi connectivity index (χ4n) is 2.13. The van der Waals surface area contributed by atoms with Crippen molar-refractivity contribution in [1.82, 2.24) is 9.78 Å². The Kier molecular flexibility index (Phi) is 5.09. The van der Waals surface area contributed by atoms with E-state index in [0.29, 0.717) is 28.8 Å². The van der Waals surface area contributed by atoms with Crippen molar-refractivity contribution in [1.29, 1.82) is 0 Å². The zero-order valence-electron chi connectivity index (χ0n) is 12.3. The maximum absolute atomic E-state index is 10.5. The molecule has 0 radical (unpaired) electrons. The van der Waals surface area contributed by atoms with Crippen LogP contribution in [0.15, 0.2) is 30.5 Å². The van der Waals surface area contributed by atoms with Gasteiger partial charge in [0.15, 0.2) is 5.75 Å². The largest absolute Gasteiger partial charge is 0.493 e. The number of nitrogens with zero attached hydrogens (tertiary/aromatic N) is 2. The van der Waals surface area contributed by atoms with Crippen LogP contribution in [0.25, 0.3) is 0 Å². The van der Waals surface area contributed by atoms with Gasteiger partial charge in [0.05, 0.1) is 13.3 Å². The van der Waals surface area contributed by atoms with Crippen LogP contribution in [0.4, 0.5) is 0 Å². The SMILES string of the molecule is CCn1ncc(OC)c1C(O)C(C)Oc1cccc(Cl)c1. The van der Waals surface area contributed by atoms with Gasteiger partial charge in [-0.1, -0.05) is 17.7 Å². The lowest BCUT2D eigenvalue weighted by atomic mass is 10.1. The fourth-order valence-corrected chi connectivity index (χ4v) is 2.31. The third-order valence-electron chi connectivity index (χ3n) is 3.21. The molecule has 2 unspecified atom stereocenters. The molecule has 0 aliphatic rings. The van der Waals surface area contributed by atoms with Gasteiger partial charge >= 0.3 is 0 Å². The maximum atomic E-state index is 10.5. The van der Waals surface area contributed by atoms with E-state index in [9.17, 15) is 5.11 Å². The van der Waals surface area contributed by atoms with Gasteiger partial charge in [-0.05, 0) is 32.0 Å². The van der Waals surface area contributed by atoms with Crippen molar-refractivity contribution in [3.8, 4) is 11.5 Å². The molecule has 2 atom stereocenters. The summed E-state index contributed by atoms with van der Waals surface area (Å²) in [5.74, 6) is 1.15. The van der Waals surface area contributed by atoms with E-state index in [2.05, 4.69) is 5.10 Å². The summed E-state index contributed by atoms with van der Waals surface area (Å²) in [5, 5.41) is 15.3. The van der Waals surface area contributed by atoms with Gasteiger partial charge in [-0.15, -0.1) is 0 Å². The molecule has 0 amide bonds. The quantitative estimate of drug-likeness (QED) is 0.891. The summed E-state index contributed by atoms with van der Waals surface area (Å²) in [6, 6.07) is 7.07. The van der Waals surface area contributed by atoms with Gasteiger partial charge in [-0.25, -0.2) is 0 Å². The fraction of sp³-hybridized carbons (Fsp3) is 0.400. The zero-order chi connectivity index (χ0) is 15.4. The summed E-state index contributed by atoms with van der Waals surface area (Å²) >= 11 is 5.93. The topological polar surface area (TPSA) is 56.5 Å². The molecule has 2 rings (SSSR count). The van der Waals surface area contributed by atoms with E-state index in [1.54, 1.807) is 49.2 Å². The Morgan fingerprint density at radius 1 is 1.43 bits per heavy atom. The average molecular weight is 311 g/mol. The second-order valence-electron chi connectivity index (χ2n) is 4.64. The molecule has 1 heterocycles. The maximum Gasteiger partial charge on any atom is 0.162 e. The summed E-state index contributed by atoms with van der Waals surface area (Å²) in [4.78, 5) is 0. The first-order valence-electron chi connectivity index (χ1n) is 6.76. The number of benzene rings is 1. The van der Waals surface area contributed by atoms with Gasteiger partial charge in [0.25, 0.3) is 0 Å². The van der Waals surface area contributed by atoms with Crippen molar-refractivity contribution in [2.75, 3.05) is 7.11 Å². The van der Waals surface area contributed by atoms with Crippen molar-refractivity contribution >= 4 is 11.6 Å². The average Bonchev–Trinajstić information content (AvgIpc) is 2.89. The second kappa shape index (κ2) is 6.83. The van der Waals surface area contributed by atoms with Crippen LogP contribution in [0.2, 0.25) is 5.02 Å². The molecule has 0 spiro atoms. The van der Waals surface area contributed by atoms with E-state index < -0.39 is 12.2 Å². The predicted molar refractivity (Wildman–Crippen MR) is 81.0 cm³/mol. The van der Waals surface area contributed by atoms with E-state index in [1.165, 1.54) is 0 Å². The number of aryl methyl sites for hydroxylation is 1. The van der Waals surface area contributed by atoms with Crippen LogP contribution in [0, 0.1) is 0 Å². The first kappa shape index (κ1) is 15.7. The molecular weight excluding hydrogens is 292 g/mol. The number of methoxy groups -OCH3 is 1. The molecular formula is C15H19ClN2O3. The normalized spacial score (nSPS) is 13.8. The summed E-state index contributed by atoms with van der Waals surface area (Å²) in [6.07, 6.45) is 0.259. The number of hydrogen-bond acceptors (Lipinski definition) is 4. The van der Waals surface area contributed by atoms with Crippen LogP contribution >= 0.6 is 11.6 Å². The molecule has 0 aliphatic heterocycles. The van der Waals surface area contributed by atoms with Crippen molar-refractivity contribution in [3.63, 3.8) is 0 Å². The van der Waals surface area contributed by atoms with Crippen molar-refractivity contribution < 1.29 is 14.6 Å². The summed E-state index contributed by atoms with van der Waals surface area (Å²) in [5.41, 5.74) is 0.606. The first-order chi connectivity index (χ1) is 10.1. The summed E-state index contributed by atoms with van der Waals surface area (Å²) in [6.45, 7) is 4.38. The third-order valence-corrected chi connectivity index (χ3v) is 3.44. The highest BCUT2D eigenvalue weighted by Crippen LogP contribution is 2.29. The molecule has 0 bridgehead atoms.